The summed E-state index contributed by atoms with van der Waals surface area (Å²) in [5.74, 6) is -2.17. The third kappa shape index (κ3) is 361. The summed E-state index contributed by atoms with van der Waals surface area (Å²) in [5, 5.41) is 17.8. The predicted octanol–water partition coefficient (Wildman–Crippen LogP) is -5.75. The summed E-state index contributed by atoms with van der Waals surface area (Å²) in [7, 11) is 0. The fraction of sp³-hybridized carbons (Fsp3) is 0.500. The zero-order chi connectivity index (χ0) is 7.15. The minimum atomic E-state index is -1.08. The average Bonchev–Trinajstić information content (AvgIpc) is 1.25. The van der Waals surface area contributed by atoms with E-state index in [-0.39, 0.29) is 75.9 Å². The van der Waals surface area contributed by atoms with E-state index in [2.05, 4.69) is 0 Å². The first kappa shape index (κ1) is 22.5. The second kappa shape index (κ2) is 16.7. The van der Waals surface area contributed by atoms with Gasteiger partial charge < -0.3 is 21.2 Å². The van der Waals surface area contributed by atoms with Gasteiger partial charge in [-0.15, -0.1) is 0 Å². The molecule has 0 aromatic carbocycles. The third-order valence-electron chi connectivity index (χ3n) is 0. The average molecular weight is 182 g/mol. The number of carboxylic acids is 2. The van der Waals surface area contributed by atoms with Crippen LogP contribution >= 0.6 is 0 Å². The van der Waals surface area contributed by atoms with Crippen molar-refractivity contribution in [2.24, 2.45) is 0 Å². The Hall–Kier alpha value is 1.34. The van der Waals surface area contributed by atoms with Crippen LogP contribution in [0.25, 0.3) is 0 Å². The molecule has 0 aliphatic carbocycles. The van der Waals surface area contributed by atoms with Crippen LogP contribution in [0.4, 0.5) is 0 Å². The van der Waals surface area contributed by atoms with Crippen molar-refractivity contribution < 1.29 is 72.6 Å². The van der Waals surface area contributed by atoms with Gasteiger partial charge in [-0.25, -0.2) is 0 Å². The van der Waals surface area contributed by atoms with Crippen LogP contribution in [0, 0.1) is 0 Å². The Morgan fingerprint density at radius 3 is 1.10 bits per heavy atom. The van der Waals surface area contributed by atoms with Crippen molar-refractivity contribution in [3.8, 4) is 0 Å². The number of rotatable bonds is 0. The molecule has 0 saturated heterocycles. The Morgan fingerprint density at radius 2 is 1.10 bits per heavy atom. The van der Waals surface area contributed by atoms with Gasteiger partial charge in [0.15, 0.2) is 0 Å². The molecule has 4 nitrogen and oxygen atoms in total. The summed E-state index contributed by atoms with van der Waals surface area (Å²) < 4.78 is 0. The van der Waals surface area contributed by atoms with Crippen LogP contribution in [0.3, 0.4) is 0 Å². The molecule has 0 saturated carbocycles. The van der Waals surface area contributed by atoms with Crippen LogP contribution in [0.2, 0.25) is 0 Å². The molecule has 0 fully saturated rings. The Morgan fingerprint density at radius 1 is 1.10 bits per heavy atom. The first-order chi connectivity index (χ1) is 3.46. The van der Waals surface area contributed by atoms with Crippen molar-refractivity contribution in [1.29, 1.82) is 0 Å². The molecule has 0 radical (unpaired) electrons. The molecule has 0 rings (SSSR count). The maximum absolute atomic E-state index is 8.89. The smallest absolute Gasteiger partial charge is 1.00 e. The molecule has 6 heteroatoms. The van der Waals surface area contributed by atoms with Crippen LogP contribution in [0.1, 0.15) is 15.3 Å². The zero-order valence-electron chi connectivity index (χ0n) is 7.34. The number of carbonyl (C=O) groups excluding carboxylic acids is 2. The molecule has 0 aromatic rings. The van der Waals surface area contributed by atoms with Gasteiger partial charge in [0.05, 0.1) is 0 Å². The summed E-state index contributed by atoms with van der Waals surface area (Å²) in [6, 6.07) is 0. The molecule has 0 unspecified atom stereocenters. The van der Waals surface area contributed by atoms with Gasteiger partial charge in [-0.05, 0) is 13.8 Å². The Bertz CT molecular complexity index is 80.1. The SMILES string of the molecule is CC(=O)[O-].CC(=O)[O-].[H-].[K+].[Mg+2]. The summed E-state index contributed by atoms with van der Waals surface area (Å²) >= 11 is 0. The van der Waals surface area contributed by atoms with Crippen molar-refractivity contribution in [2.75, 3.05) is 0 Å². The van der Waals surface area contributed by atoms with Crippen molar-refractivity contribution in [3.63, 3.8) is 0 Å². The van der Waals surface area contributed by atoms with Gasteiger partial charge in [-0.2, -0.15) is 0 Å². The molecule has 0 aliphatic heterocycles. The molecule has 50 valence electrons. The van der Waals surface area contributed by atoms with E-state index in [4.69, 9.17) is 19.8 Å². The van der Waals surface area contributed by atoms with E-state index in [0.29, 0.717) is 0 Å². The van der Waals surface area contributed by atoms with E-state index < -0.39 is 11.9 Å². The summed E-state index contributed by atoms with van der Waals surface area (Å²) in [5.41, 5.74) is 0. The van der Waals surface area contributed by atoms with Crippen LogP contribution in [0.15, 0.2) is 0 Å². The zero-order valence-corrected chi connectivity index (χ0v) is 10.9. The van der Waals surface area contributed by atoms with Gasteiger partial charge in [0.2, 0.25) is 0 Å². The molecule has 0 bridgehead atoms. The van der Waals surface area contributed by atoms with E-state index >= 15 is 0 Å². The molecule has 0 spiro atoms. The van der Waals surface area contributed by atoms with E-state index in [1.165, 1.54) is 0 Å². The van der Waals surface area contributed by atoms with Crippen LogP contribution < -0.4 is 61.6 Å². The predicted molar refractivity (Wildman–Crippen MR) is 28.2 cm³/mol. The summed E-state index contributed by atoms with van der Waals surface area (Å²) in [4.78, 5) is 17.8. The second-order valence-electron chi connectivity index (χ2n) is 0.983. The number of aliphatic carboxylic acids is 2. The Balaban J connectivity index is -0.0000000171. The first-order valence-corrected chi connectivity index (χ1v) is 1.82. The number of carbonyl (C=O) groups is 2. The Labute approximate surface area is 119 Å². The van der Waals surface area contributed by atoms with E-state index in [1.54, 1.807) is 0 Å². The van der Waals surface area contributed by atoms with Gasteiger partial charge >= 0.3 is 74.4 Å². The van der Waals surface area contributed by atoms with E-state index in [0.717, 1.165) is 13.8 Å². The summed E-state index contributed by atoms with van der Waals surface area (Å²) in [6.07, 6.45) is 0. The standard InChI is InChI=1S/2C2H4O2.K.Mg.H/c2*1-2(3)4;;;/h2*1H3,(H,3,4);;;/q;;+1;+2;-1/p-2. The Kier molecular flexibility index (Phi) is 37.7. The largest absolute Gasteiger partial charge is 2.00 e. The molecule has 0 N–H and O–H groups in total. The minimum absolute atomic E-state index is 0. The third-order valence-corrected chi connectivity index (χ3v) is 0. The van der Waals surface area contributed by atoms with Crippen LogP contribution in [-0.2, 0) is 9.59 Å². The fourth-order valence-corrected chi connectivity index (χ4v) is 0. The van der Waals surface area contributed by atoms with E-state index in [9.17, 15) is 0 Å². The van der Waals surface area contributed by atoms with Crippen LogP contribution in [-0.4, -0.2) is 35.0 Å². The molecular weight excluding hydrogens is 175 g/mol. The first-order valence-electron chi connectivity index (χ1n) is 1.82. The molecule has 10 heavy (non-hydrogen) atoms. The molecule has 0 atom stereocenters. The van der Waals surface area contributed by atoms with E-state index in [1.807, 2.05) is 0 Å². The van der Waals surface area contributed by atoms with Gasteiger partial charge in [-0.1, -0.05) is 0 Å². The minimum Gasteiger partial charge on any atom is -1.00 e. The molecular formula is C4H7KMgO4. The topological polar surface area (TPSA) is 80.3 Å². The van der Waals surface area contributed by atoms with Crippen molar-refractivity contribution in [1.82, 2.24) is 0 Å². The van der Waals surface area contributed by atoms with Crippen molar-refractivity contribution >= 4 is 35.0 Å². The van der Waals surface area contributed by atoms with Crippen molar-refractivity contribution in [2.45, 2.75) is 13.8 Å². The molecule has 0 aliphatic rings. The summed E-state index contributed by atoms with van der Waals surface area (Å²) in [6.45, 7) is 1.94. The quantitative estimate of drug-likeness (QED) is 0.350. The molecule has 0 heterocycles. The van der Waals surface area contributed by atoms with Crippen molar-refractivity contribution in [3.05, 3.63) is 0 Å². The fourth-order valence-electron chi connectivity index (χ4n) is 0. The molecule has 0 aromatic heterocycles. The van der Waals surface area contributed by atoms with Gasteiger partial charge in [0.25, 0.3) is 0 Å². The number of hydrogen-bond acceptors (Lipinski definition) is 4. The normalized spacial score (nSPS) is 5.00. The van der Waals surface area contributed by atoms with Crippen LogP contribution in [0.5, 0.6) is 0 Å². The number of carboxylic acid groups (broad SMARTS) is 2. The van der Waals surface area contributed by atoms with Gasteiger partial charge in [-0.3, -0.25) is 0 Å². The maximum Gasteiger partial charge on any atom is 2.00 e. The van der Waals surface area contributed by atoms with Gasteiger partial charge in [0.1, 0.15) is 0 Å². The second-order valence-corrected chi connectivity index (χ2v) is 0.983. The van der Waals surface area contributed by atoms with Gasteiger partial charge in [0, 0.05) is 11.9 Å². The monoisotopic (exact) mass is 182 g/mol. The molecule has 0 amide bonds. The number of hydrogen-bond donors (Lipinski definition) is 0. The maximum atomic E-state index is 8.89.